The van der Waals surface area contributed by atoms with Crippen LogP contribution in [0.15, 0.2) is 18.2 Å². The normalized spacial score (nSPS) is 23.5. The van der Waals surface area contributed by atoms with Gasteiger partial charge in [0.25, 0.3) is 0 Å². The molecule has 1 aliphatic heterocycles. The highest BCUT2D eigenvalue weighted by Crippen LogP contribution is 2.26. The Labute approximate surface area is 144 Å². The van der Waals surface area contributed by atoms with E-state index in [2.05, 4.69) is 40.8 Å². The highest BCUT2D eigenvalue weighted by Gasteiger charge is 2.20. The second kappa shape index (κ2) is 7.88. The minimum atomic E-state index is -0.192. The maximum Gasteiger partial charge on any atom is 0.315 e. The van der Waals surface area contributed by atoms with E-state index in [0.717, 1.165) is 44.2 Å². The summed E-state index contributed by atoms with van der Waals surface area (Å²) < 4.78 is 0. The van der Waals surface area contributed by atoms with Crippen molar-refractivity contribution in [2.45, 2.75) is 51.2 Å². The Morgan fingerprint density at radius 2 is 2.17 bits per heavy atom. The summed E-state index contributed by atoms with van der Waals surface area (Å²) in [6.45, 7) is 2.32. The molecule has 1 fully saturated rings. The fourth-order valence-electron chi connectivity index (χ4n) is 3.88. The van der Waals surface area contributed by atoms with Crippen molar-refractivity contribution in [2.24, 2.45) is 5.92 Å². The number of carbonyl (C=O) groups is 1. The number of aryl methyl sites for hydroxylation is 1. The number of urea groups is 1. The first-order valence-corrected chi connectivity index (χ1v) is 9.14. The minimum absolute atomic E-state index is 0.120. The maximum atomic E-state index is 12.0. The molecule has 3 rings (SSSR count). The Morgan fingerprint density at radius 1 is 1.29 bits per heavy atom. The zero-order chi connectivity index (χ0) is 16.9. The average molecular weight is 331 g/mol. The summed E-state index contributed by atoms with van der Waals surface area (Å²) >= 11 is 0. The van der Waals surface area contributed by atoms with Gasteiger partial charge in [0.15, 0.2) is 0 Å². The lowest BCUT2D eigenvalue weighted by atomic mass is 9.87. The van der Waals surface area contributed by atoms with E-state index in [0.29, 0.717) is 19.0 Å². The molecule has 5 nitrogen and oxygen atoms in total. The van der Waals surface area contributed by atoms with Gasteiger partial charge in [-0.25, -0.2) is 4.79 Å². The number of nitrogens with one attached hydrogen (secondary N) is 2. The Balaban J connectivity index is 1.44. The van der Waals surface area contributed by atoms with Crippen LogP contribution < -0.4 is 15.5 Å². The van der Waals surface area contributed by atoms with Crippen LogP contribution in [0.3, 0.4) is 0 Å². The third-order valence-corrected chi connectivity index (χ3v) is 5.25. The van der Waals surface area contributed by atoms with Crippen molar-refractivity contribution in [3.8, 4) is 0 Å². The monoisotopic (exact) mass is 331 g/mol. The van der Waals surface area contributed by atoms with Gasteiger partial charge < -0.3 is 20.6 Å². The smallest absolute Gasteiger partial charge is 0.315 e. The molecule has 0 radical (unpaired) electrons. The van der Waals surface area contributed by atoms with Gasteiger partial charge in [0, 0.05) is 32.4 Å². The Bertz CT molecular complexity index is 576. The molecular weight excluding hydrogens is 302 g/mol. The lowest BCUT2D eigenvalue weighted by Crippen LogP contribution is -2.39. The molecule has 0 aromatic heterocycles. The summed E-state index contributed by atoms with van der Waals surface area (Å²) in [4.78, 5) is 14.3. The van der Waals surface area contributed by atoms with Crippen molar-refractivity contribution < 1.29 is 9.90 Å². The molecule has 3 N–H and O–H groups in total. The SMILES string of the molecule is CN1CCCc2cc(CNC(=O)NCC3CCCC(O)C3)ccc21. The van der Waals surface area contributed by atoms with Gasteiger partial charge in [0.2, 0.25) is 0 Å². The van der Waals surface area contributed by atoms with Gasteiger partial charge >= 0.3 is 6.03 Å². The van der Waals surface area contributed by atoms with Crippen molar-refractivity contribution in [3.63, 3.8) is 0 Å². The van der Waals surface area contributed by atoms with Crippen LogP contribution in [-0.4, -0.2) is 37.4 Å². The average Bonchev–Trinajstić information content (AvgIpc) is 2.58. The number of rotatable bonds is 4. The molecule has 1 aromatic rings. The Kier molecular flexibility index (Phi) is 5.61. The lowest BCUT2D eigenvalue weighted by Gasteiger charge is -2.28. The van der Waals surface area contributed by atoms with Crippen LogP contribution in [0, 0.1) is 5.92 Å². The molecule has 2 amide bonds. The predicted molar refractivity (Wildman–Crippen MR) is 96.2 cm³/mol. The van der Waals surface area contributed by atoms with Crippen molar-refractivity contribution in [1.82, 2.24) is 10.6 Å². The van der Waals surface area contributed by atoms with Gasteiger partial charge in [0.05, 0.1) is 6.10 Å². The van der Waals surface area contributed by atoms with Crippen LogP contribution >= 0.6 is 0 Å². The first-order chi connectivity index (χ1) is 11.6. The number of fused-ring (bicyclic) bond motifs is 1. The zero-order valence-electron chi connectivity index (χ0n) is 14.6. The summed E-state index contributed by atoms with van der Waals surface area (Å²) in [5, 5.41) is 15.6. The molecule has 1 heterocycles. The number of hydrogen-bond donors (Lipinski definition) is 3. The van der Waals surface area contributed by atoms with Gasteiger partial charge in [-0.3, -0.25) is 0 Å². The number of nitrogens with zero attached hydrogens (tertiary/aromatic N) is 1. The van der Waals surface area contributed by atoms with Crippen LogP contribution in [0.25, 0.3) is 0 Å². The molecule has 2 atom stereocenters. The summed E-state index contributed by atoms with van der Waals surface area (Å²) in [6, 6.07) is 6.35. The van der Waals surface area contributed by atoms with Crippen molar-refractivity contribution in [1.29, 1.82) is 0 Å². The van der Waals surface area contributed by atoms with E-state index < -0.39 is 0 Å². The second-order valence-corrected chi connectivity index (χ2v) is 7.24. The van der Waals surface area contributed by atoms with Crippen LogP contribution in [0.5, 0.6) is 0 Å². The van der Waals surface area contributed by atoms with Gasteiger partial charge in [-0.2, -0.15) is 0 Å². The first kappa shape index (κ1) is 17.1. The summed E-state index contributed by atoms with van der Waals surface area (Å²) in [5.41, 5.74) is 3.83. The second-order valence-electron chi connectivity index (χ2n) is 7.24. The number of benzene rings is 1. The Hall–Kier alpha value is -1.75. The Morgan fingerprint density at radius 3 is 3.00 bits per heavy atom. The molecule has 2 aliphatic rings. The molecule has 5 heteroatoms. The van der Waals surface area contributed by atoms with E-state index in [1.54, 1.807) is 0 Å². The molecule has 1 aromatic carbocycles. The van der Waals surface area contributed by atoms with E-state index in [1.165, 1.54) is 17.7 Å². The summed E-state index contributed by atoms with van der Waals surface area (Å²) in [6.07, 6.45) is 5.96. The molecule has 1 saturated carbocycles. The fraction of sp³-hybridized carbons (Fsp3) is 0.632. The van der Waals surface area contributed by atoms with E-state index in [9.17, 15) is 9.90 Å². The summed E-state index contributed by atoms with van der Waals surface area (Å²) in [5.74, 6) is 0.402. The predicted octanol–water partition coefficient (Wildman–Crippen LogP) is 2.42. The lowest BCUT2D eigenvalue weighted by molar-refractivity contribution is 0.101. The van der Waals surface area contributed by atoms with Crippen LogP contribution in [0.1, 0.15) is 43.2 Å². The molecule has 2 unspecified atom stereocenters. The quantitative estimate of drug-likeness (QED) is 0.794. The zero-order valence-corrected chi connectivity index (χ0v) is 14.6. The highest BCUT2D eigenvalue weighted by atomic mass is 16.3. The van der Waals surface area contributed by atoms with Gasteiger partial charge in [-0.1, -0.05) is 18.6 Å². The van der Waals surface area contributed by atoms with Crippen molar-refractivity contribution in [2.75, 3.05) is 25.0 Å². The van der Waals surface area contributed by atoms with E-state index >= 15 is 0 Å². The van der Waals surface area contributed by atoms with Gasteiger partial charge in [0.1, 0.15) is 0 Å². The standard InChI is InChI=1S/C19H29N3O2/c1-22-9-3-5-16-10-15(7-8-18(16)22)13-21-19(24)20-12-14-4-2-6-17(23)11-14/h7-8,10,14,17,23H,2-6,9,11-13H2,1H3,(H2,20,21,24). The van der Waals surface area contributed by atoms with Gasteiger partial charge in [-0.15, -0.1) is 0 Å². The van der Waals surface area contributed by atoms with E-state index in [4.69, 9.17) is 0 Å². The van der Waals surface area contributed by atoms with Crippen molar-refractivity contribution in [3.05, 3.63) is 29.3 Å². The molecule has 132 valence electrons. The van der Waals surface area contributed by atoms with Crippen LogP contribution in [0.2, 0.25) is 0 Å². The van der Waals surface area contributed by atoms with Gasteiger partial charge in [-0.05, 0) is 55.2 Å². The molecule has 24 heavy (non-hydrogen) atoms. The number of anilines is 1. The largest absolute Gasteiger partial charge is 0.393 e. The van der Waals surface area contributed by atoms with Crippen LogP contribution in [0.4, 0.5) is 10.5 Å². The number of aliphatic hydroxyl groups is 1. The number of aliphatic hydroxyl groups excluding tert-OH is 1. The third-order valence-electron chi connectivity index (χ3n) is 5.25. The van der Waals surface area contributed by atoms with E-state index in [1.807, 2.05) is 0 Å². The number of carbonyl (C=O) groups excluding carboxylic acids is 1. The number of hydrogen-bond acceptors (Lipinski definition) is 3. The highest BCUT2D eigenvalue weighted by molar-refractivity contribution is 5.73. The summed E-state index contributed by atoms with van der Waals surface area (Å²) in [7, 11) is 2.13. The molecule has 1 aliphatic carbocycles. The first-order valence-electron chi connectivity index (χ1n) is 9.14. The molecular formula is C19H29N3O2. The third kappa shape index (κ3) is 4.41. The minimum Gasteiger partial charge on any atom is -0.393 e. The van der Waals surface area contributed by atoms with Crippen LogP contribution in [-0.2, 0) is 13.0 Å². The maximum absolute atomic E-state index is 12.0. The molecule has 0 bridgehead atoms. The number of amides is 2. The van der Waals surface area contributed by atoms with Crippen molar-refractivity contribution >= 4 is 11.7 Å². The topological polar surface area (TPSA) is 64.6 Å². The molecule has 0 saturated heterocycles. The fourth-order valence-corrected chi connectivity index (χ4v) is 3.88. The molecule has 0 spiro atoms. The van der Waals surface area contributed by atoms with E-state index in [-0.39, 0.29) is 12.1 Å².